The van der Waals surface area contributed by atoms with E-state index in [0.717, 1.165) is 38.5 Å². The molecular weight excluding hydrogens is 212 g/mol. The SMILES string of the molecule is CCC.Nc1ccc(CN2CCOCC2)cc1. The largest absolute Gasteiger partial charge is 0.399 e. The molecule has 1 heterocycles. The number of nitrogens with zero attached hydrogens (tertiary/aromatic N) is 1. The second-order valence-electron chi connectivity index (χ2n) is 4.34. The molecule has 1 saturated heterocycles. The molecule has 0 saturated carbocycles. The van der Waals surface area contributed by atoms with Crippen molar-refractivity contribution in [2.24, 2.45) is 0 Å². The molecule has 2 N–H and O–H groups in total. The molecule has 1 fully saturated rings. The lowest BCUT2D eigenvalue weighted by Gasteiger charge is -2.26. The van der Waals surface area contributed by atoms with Gasteiger partial charge in [-0.2, -0.15) is 0 Å². The second kappa shape index (κ2) is 8.09. The van der Waals surface area contributed by atoms with Crippen molar-refractivity contribution in [1.29, 1.82) is 0 Å². The molecule has 0 atom stereocenters. The van der Waals surface area contributed by atoms with E-state index in [1.165, 1.54) is 12.0 Å². The van der Waals surface area contributed by atoms with Gasteiger partial charge in [0.25, 0.3) is 0 Å². The number of anilines is 1. The van der Waals surface area contributed by atoms with Crippen molar-refractivity contribution in [2.45, 2.75) is 26.8 Å². The predicted molar refractivity (Wildman–Crippen MR) is 72.9 cm³/mol. The summed E-state index contributed by atoms with van der Waals surface area (Å²) in [4.78, 5) is 2.40. The molecule has 17 heavy (non-hydrogen) atoms. The van der Waals surface area contributed by atoms with Gasteiger partial charge in [0.2, 0.25) is 0 Å². The van der Waals surface area contributed by atoms with Crippen molar-refractivity contribution in [3.05, 3.63) is 29.8 Å². The number of benzene rings is 1. The van der Waals surface area contributed by atoms with Crippen molar-refractivity contribution in [3.63, 3.8) is 0 Å². The molecule has 0 aliphatic carbocycles. The van der Waals surface area contributed by atoms with Crippen LogP contribution in [0.2, 0.25) is 0 Å². The van der Waals surface area contributed by atoms with Crippen molar-refractivity contribution in [2.75, 3.05) is 32.0 Å². The Kier molecular flexibility index (Phi) is 6.67. The molecule has 1 aliphatic heterocycles. The quantitative estimate of drug-likeness (QED) is 0.802. The summed E-state index contributed by atoms with van der Waals surface area (Å²) in [6, 6.07) is 8.08. The summed E-state index contributed by atoms with van der Waals surface area (Å²) >= 11 is 0. The molecule has 0 amide bonds. The Morgan fingerprint density at radius 2 is 1.65 bits per heavy atom. The van der Waals surface area contributed by atoms with Crippen LogP contribution in [0.25, 0.3) is 0 Å². The average Bonchev–Trinajstić information content (AvgIpc) is 2.35. The van der Waals surface area contributed by atoms with Crippen LogP contribution >= 0.6 is 0 Å². The summed E-state index contributed by atoms with van der Waals surface area (Å²) in [5.74, 6) is 0. The fraction of sp³-hybridized carbons (Fsp3) is 0.571. The maximum atomic E-state index is 5.63. The van der Waals surface area contributed by atoms with E-state index < -0.39 is 0 Å². The van der Waals surface area contributed by atoms with Crippen LogP contribution in [-0.4, -0.2) is 31.2 Å². The zero-order valence-corrected chi connectivity index (χ0v) is 11.0. The van der Waals surface area contributed by atoms with E-state index in [0.29, 0.717) is 0 Å². The van der Waals surface area contributed by atoms with Gasteiger partial charge < -0.3 is 10.5 Å². The van der Waals surface area contributed by atoms with E-state index in [9.17, 15) is 0 Å². The Balaban J connectivity index is 0.000000437. The number of hydrogen-bond donors (Lipinski definition) is 1. The highest BCUT2D eigenvalue weighted by atomic mass is 16.5. The third kappa shape index (κ3) is 5.71. The van der Waals surface area contributed by atoms with E-state index in [1.807, 2.05) is 12.1 Å². The lowest BCUT2D eigenvalue weighted by Crippen LogP contribution is -2.35. The first-order valence-electron chi connectivity index (χ1n) is 6.40. The summed E-state index contributed by atoms with van der Waals surface area (Å²) in [5, 5.41) is 0. The molecule has 0 spiro atoms. The predicted octanol–water partition coefficient (Wildman–Crippen LogP) is 2.52. The summed E-state index contributed by atoms with van der Waals surface area (Å²) in [7, 11) is 0. The van der Waals surface area contributed by atoms with Crippen LogP contribution in [0.4, 0.5) is 5.69 Å². The first-order chi connectivity index (χ1) is 8.26. The molecule has 2 rings (SSSR count). The van der Waals surface area contributed by atoms with E-state index in [4.69, 9.17) is 10.5 Å². The van der Waals surface area contributed by atoms with Crippen LogP contribution in [0.3, 0.4) is 0 Å². The van der Waals surface area contributed by atoms with Crippen LogP contribution in [0.15, 0.2) is 24.3 Å². The highest BCUT2D eigenvalue weighted by Gasteiger charge is 2.09. The fourth-order valence-electron chi connectivity index (χ4n) is 1.64. The molecule has 3 nitrogen and oxygen atoms in total. The molecule has 0 unspecified atom stereocenters. The second-order valence-corrected chi connectivity index (χ2v) is 4.34. The van der Waals surface area contributed by atoms with Gasteiger partial charge in [-0.3, -0.25) is 4.90 Å². The third-order valence-electron chi connectivity index (χ3n) is 2.49. The van der Waals surface area contributed by atoms with Crippen molar-refractivity contribution in [3.8, 4) is 0 Å². The summed E-state index contributed by atoms with van der Waals surface area (Å²) in [6.07, 6.45) is 1.25. The zero-order chi connectivity index (χ0) is 12.5. The van der Waals surface area contributed by atoms with E-state index >= 15 is 0 Å². The van der Waals surface area contributed by atoms with Crippen LogP contribution < -0.4 is 5.73 Å². The molecule has 1 aromatic carbocycles. The molecule has 1 aliphatic rings. The van der Waals surface area contributed by atoms with Crippen molar-refractivity contribution < 1.29 is 4.74 Å². The molecule has 0 bridgehead atoms. The Morgan fingerprint density at radius 1 is 1.12 bits per heavy atom. The number of rotatable bonds is 2. The molecular formula is C14H24N2O. The number of ether oxygens (including phenoxy) is 1. The number of nitrogen functional groups attached to an aromatic ring is 1. The Hall–Kier alpha value is -1.06. The van der Waals surface area contributed by atoms with Gasteiger partial charge in [0, 0.05) is 25.3 Å². The van der Waals surface area contributed by atoms with Gasteiger partial charge in [-0.25, -0.2) is 0 Å². The minimum Gasteiger partial charge on any atom is -0.399 e. The first kappa shape index (κ1) is 14.0. The smallest absolute Gasteiger partial charge is 0.0594 e. The maximum absolute atomic E-state index is 5.63. The van der Waals surface area contributed by atoms with Gasteiger partial charge in [-0.05, 0) is 17.7 Å². The maximum Gasteiger partial charge on any atom is 0.0594 e. The molecule has 1 aromatic rings. The minimum atomic E-state index is 0.829. The van der Waals surface area contributed by atoms with Crippen LogP contribution in [-0.2, 0) is 11.3 Å². The Morgan fingerprint density at radius 3 is 2.18 bits per heavy atom. The number of nitrogens with two attached hydrogens (primary N) is 1. The minimum absolute atomic E-state index is 0.829. The molecule has 0 radical (unpaired) electrons. The summed E-state index contributed by atoms with van der Waals surface area (Å²) in [6.45, 7) is 9.03. The van der Waals surface area contributed by atoms with Crippen molar-refractivity contribution >= 4 is 5.69 Å². The van der Waals surface area contributed by atoms with Gasteiger partial charge in [-0.1, -0.05) is 32.4 Å². The molecule has 0 aromatic heterocycles. The monoisotopic (exact) mass is 236 g/mol. The highest BCUT2D eigenvalue weighted by molar-refractivity contribution is 5.39. The lowest BCUT2D eigenvalue weighted by molar-refractivity contribution is 0.0342. The van der Waals surface area contributed by atoms with E-state index in [2.05, 4.69) is 30.9 Å². The number of morpholine rings is 1. The van der Waals surface area contributed by atoms with Gasteiger partial charge in [-0.15, -0.1) is 0 Å². The molecule has 3 heteroatoms. The van der Waals surface area contributed by atoms with Crippen LogP contribution in [0, 0.1) is 0 Å². The number of hydrogen-bond acceptors (Lipinski definition) is 3. The first-order valence-corrected chi connectivity index (χ1v) is 6.40. The Labute approximate surface area is 105 Å². The van der Waals surface area contributed by atoms with Crippen LogP contribution in [0.1, 0.15) is 25.8 Å². The normalized spacial score (nSPS) is 16.1. The highest BCUT2D eigenvalue weighted by Crippen LogP contribution is 2.09. The van der Waals surface area contributed by atoms with Crippen LogP contribution in [0.5, 0.6) is 0 Å². The summed E-state index contributed by atoms with van der Waals surface area (Å²) < 4.78 is 5.29. The lowest BCUT2D eigenvalue weighted by atomic mass is 10.2. The Bertz CT molecular complexity index is 292. The average molecular weight is 236 g/mol. The van der Waals surface area contributed by atoms with Gasteiger partial charge in [0.05, 0.1) is 13.2 Å². The van der Waals surface area contributed by atoms with E-state index in [1.54, 1.807) is 0 Å². The van der Waals surface area contributed by atoms with Gasteiger partial charge in [0.15, 0.2) is 0 Å². The third-order valence-corrected chi connectivity index (χ3v) is 2.49. The topological polar surface area (TPSA) is 38.5 Å². The van der Waals surface area contributed by atoms with Gasteiger partial charge >= 0.3 is 0 Å². The van der Waals surface area contributed by atoms with Gasteiger partial charge in [0.1, 0.15) is 0 Å². The van der Waals surface area contributed by atoms with Crippen molar-refractivity contribution in [1.82, 2.24) is 4.90 Å². The van der Waals surface area contributed by atoms with E-state index in [-0.39, 0.29) is 0 Å². The molecule has 96 valence electrons. The fourth-order valence-corrected chi connectivity index (χ4v) is 1.64. The zero-order valence-electron chi connectivity index (χ0n) is 11.0. The summed E-state index contributed by atoms with van der Waals surface area (Å²) in [5.41, 5.74) is 7.78. The standard InChI is InChI=1S/C11H16N2O.C3H8/c12-11-3-1-10(2-4-11)9-13-5-7-14-8-6-13;1-3-2/h1-4H,5-9,12H2;3H2,1-2H3.